The Labute approximate surface area is 165 Å². The van der Waals surface area contributed by atoms with Gasteiger partial charge >= 0.3 is 0 Å². The summed E-state index contributed by atoms with van der Waals surface area (Å²) in [7, 11) is -3.86. The van der Waals surface area contributed by atoms with Gasteiger partial charge in [-0.15, -0.1) is 0 Å². The van der Waals surface area contributed by atoms with E-state index in [0.29, 0.717) is 15.1 Å². The van der Waals surface area contributed by atoms with Crippen LogP contribution in [0.15, 0.2) is 82.2 Å². The lowest BCUT2D eigenvalue weighted by molar-refractivity contribution is 0.103. The fourth-order valence-electron chi connectivity index (χ4n) is 2.38. The maximum atomic E-state index is 12.8. The van der Waals surface area contributed by atoms with Crippen molar-refractivity contribution in [2.75, 3.05) is 4.72 Å². The molecule has 3 rings (SSSR count). The quantitative estimate of drug-likeness (QED) is 0.548. The molecule has 132 valence electrons. The van der Waals surface area contributed by atoms with E-state index in [2.05, 4.69) is 20.7 Å². The van der Waals surface area contributed by atoms with E-state index in [0.717, 1.165) is 0 Å². The van der Waals surface area contributed by atoms with Crippen LogP contribution in [0.4, 0.5) is 5.69 Å². The van der Waals surface area contributed by atoms with Crippen LogP contribution in [0.3, 0.4) is 0 Å². The fourth-order valence-corrected chi connectivity index (χ4v) is 4.22. The minimum Gasteiger partial charge on any atom is -0.289 e. The van der Waals surface area contributed by atoms with E-state index in [1.165, 1.54) is 30.3 Å². The molecule has 0 saturated carbocycles. The van der Waals surface area contributed by atoms with Crippen LogP contribution in [-0.4, -0.2) is 14.2 Å². The SMILES string of the molecule is O=C(c1ccccc1)c1cc(Cl)ccc1NS(=O)(=O)c1cccc(Br)c1. The highest BCUT2D eigenvalue weighted by Gasteiger charge is 2.20. The van der Waals surface area contributed by atoms with E-state index >= 15 is 0 Å². The molecule has 0 fully saturated rings. The Morgan fingerprint density at radius 1 is 0.923 bits per heavy atom. The van der Waals surface area contributed by atoms with Crippen molar-refractivity contribution in [1.29, 1.82) is 0 Å². The molecule has 0 aliphatic heterocycles. The first-order valence-corrected chi connectivity index (χ1v) is 10.2. The standard InChI is InChI=1S/C19H13BrClNO3S/c20-14-7-4-8-16(11-14)26(24,25)22-18-10-9-15(21)12-17(18)19(23)13-5-2-1-3-6-13/h1-12,22H. The highest BCUT2D eigenvalue weighted by molar-refractivity contribution is 9.10. The number of hydrogen-bond acceptors (Lipinski definition) is 3. The maximum Gasteiger partial charge on any atom is 0.261 e. The van der Waals surface area contributed by atoms with Crippen molar-refractivity contribution in [1.82, 2.24) is 0 Å². The number of carbonyl (C=O) groups is 1. The molecule has 1 N–H and O–H groups in total. The number of sulfonamides is 1. The molecular weight excluding hydrogens is 438 g/mol. The molecule has 0 atom stereocenters. The van der Waals surface area contributed by atoms with Crippen LogP contribution in [0.25, 0.3) is 0 Å². The van der Waals surface area contributed by atoms with Crippen LogP contribution in [0, 0.1) is 0 Å². The Morgan fingerprint density at radius 3 is 2.35 bits per heavy atom. The molecule has 0 aliphatic carbocycles. The molecule has 0 radical (unpaired) electrons. The van der Waals surface area contributed by atoms with Gasteiger partial charge in [0, 0.05) is 20.6 Å². The molecule has 0 spiro atoms. The monoisotopic (exact) mass is 449 g/mol. The first-order chi connectivity index (χ1) is 12.4. The van der Waals surface area contributed by atoms with Gasteiger partial charge in [-0.25, -0.2) is 8.42 Å². The van der Waals surface area contributed by atoms with Gasteiger partial charge < -0.3 is 0 Å². The van der Waals surface area contributed by atoms with Gasteiger partial charge in [-0.05, 0) is 36.4 Å². The second-order valence-electron chi connectivity index (χ2n) is 5.45. The lowest BCUT2D eigenvalue weighted by Gasteiger charge is -2.13. The highest BCUT2D eigenvalue weighted by atomic mass is 79.9. The molecule has 0 bridgehead atoms. The van der Waals surface area contributed by atoms with Crippen molar-refractivity contribution in [3.8, 4) is 0 Å². The minimum atomic E-state index is -3.86. The van der Waals surface area contributed by atoms with Gasteiger partial charge in [-0.1, -0.05) is 63.9 Å². The lowest BCUT2D eigenvalue weighted by atomic mass is 10.0. The number of ketones is 1. The van der Waals surface area contributed by atoms with Crippen LogP contribution >= 0.6 is 27.5 Å². The smallest absolute Gasteiger partial charge is 0.261 e. The molecule has 0 unspecified atom stereocenters. The van der Waals surface area contributed by atoms with Crippen LogP contribution < -0.4 is 4.72 Å². The zero-order valence-corrected chi connectivity index (χ0v) is 16.5. The predicted molar refractivity (Wildman–Crippen MR) is 106 cm³/mol. The van der Waals surface area contributed by atoms with Crippen molar-refractivity contribution >= 4 is 49.0 Å². The fraction of sp³-hybridized carbons (Fsp3) is 0. The van der Waals surface area contributed by atoms with Gasteiger partial charge in [-0.3, -0.25) is 9.52 Å². The minimum absolute atomic E-state index is 0.0833. The normalized spacial score (nSPS) is 11.2. The molecule has 26 heavy (non-hydrogen) atoms. The summed E-state index contributed by atoms with van der Waals surface area (Å²) in [5, 5.41) is 0.342. The van der Waals surface area contributed by atoms with Gasteiger partial charge in [0.05, 0.1) is 10.6 Å². The lowest BCUT2D eigenvalue weighted by Crippen LogP contribution is -2.16. The Kier molecular flexibility index (Phi) is 5.46. The number of hydrogen-bond donors (Lipinski definition) is 1. The summed E-state index contributed by atoms with van der Waals surface area (Å²) in [4.78, 5) is 12.9. The summed E-state index contributed by atoms with van der Waals surface area (Å²) in [5.41, 5.74) is 0.795. The Morgan fingerprint density at radius 2 is 1.65 bits per heavy atom. The van der Waals surface area contributed by atoms with Crippen LogP contribution in [0.2, 0.25) is 5.02 Å². The topological polar surface area (TPSA) is 63.2 Å². The average Bonchev–Trinajstić information content (AvgIpc) is 2.63. The van der Waals surface area contributed by atoms with Crippen LogP contribution in [0.1, 0.15) is 15.9 Å². The molecule has 0 heterocycles. The summed E-state index contributed by atoms with van der Waals surface area (Å²) in [6, 6.07) is 19.4. The molecule has 0 saturated heterocycles. The summed E-state index contributed by atoms with van der Waals surface area (Å²) >= 11 is 9.28. The Hall–Kier alpha value is -2.15. The van der Waals surface area contributed by atoms with Gasteiger partial charge in [0.1, 0.15) is 0 Å². The number of benzene rings is 3. The number of anilines is 1. The van der Waals surface area contributed by atoms with E-state index in [4.69, 9.17) is 11.6 Å². The number of halogens is 2. The Balaban J connectivity index is 2.02. The number of nitrogens with one attached hydrogen (secondary N) is 1. The van der Waals surface area contributed by atoms with Crippen LogP contribution in [-0.2, 0) is 10.0 Å². The molecule has 7 heteroatoms. The zero-order chi connectivity index (χ0) is 18.7. The largest absolute Gasteiger partial charge is 0.289 e. The van der Waals surface area contributed by atoms with Crippen molar-refractivity contribution in [3.63, 3.8) is 0 Å². The van der Waals surface area contributed by atoms with E-state index < -0.39 is 10.0 Å². The van der Waals surface area contributed by atoms with E-state index in [-0.39, 0.29) is 21.9 Å². The van der Waals surface area contributed by atoms with E-state index in [1.807, 2.05) is 0 Å². The van der Waals surface area contributed by atoms with Gasteiger partial charge in [-0.2, -0.15) is 0 Å². The first kappa shape index (κ1) is 18.6. The summed E-state index contributed by atoms with van der Waals surface area (Å²) in [5.74, 6) is -0.319. The van der Waals surface area contributed by atoms with Crippen LogP contribution in [0.5, 0.6) is 0 Å². The van der Waals surface area contributed by atoms with Crippen molar-refractivity contribution in [2.45, 2.75) is 4.90 Å². The highest BCUT2D eigenvalue weighted by Crippen LogP contribution is 2.26. The third-order valence-electron chi connectivity index (χ3n) is 3.61. The number of rotatable bonds is 5. The number of carbonyl (C=O) groups excluding carboxylic acids is 1. The Bertz CT molecular complexity index is 1070. The van der Waals surface area contributed by atoms with E-state index in [9.17, 15) is 13.2 Å². The van der Waals surface area contributed by atoms with Gasteiger partial charge in [0.15, 0.2) is 5.78 Å². The molecule has 0 aromatic heterocycles. The second-order valence-corrected chi connectivity index (χ2v) is 8.48. The van der Waals surface area contributed by atoms with Crippen molar-refractivity contribution in [2.24, 2.45) is 0 Å². The van der Waals surface area contributed by atoms with Gasteiger partial charge in [0.2, 0.25) is 0 Å². The molecule has 4 nitrogen and oxygen atoms in total. The second kappa shape index (κ2) is 7.61. The van der Waals surface area contributed by atoms with Crippen molar-refractivity contribution < 1.29 is 13.2 Å². The molecule has 0 amide bonds. The van der Waals surface area contributed by atoms with Crippen molar-refractivity contribution in [3.05, 3.63) is 93.4 Å². The third-order valence-corrected chi connectivity index (χ3v) is 5.70. The summed E-state index contributed by atoms with van der Waals surface area (Å²) in [6.45, 7) is 0. The first-order valence-electron chi connectivity index (χ1n) is 7.54. The molecule has 3 aromatic rings. The van der Waals surface area contributed by atoms with Gasteiger partial charge in [0.25, 0.3) is 10.0 Å². The average molecular weight is 451 g/mol. The summed E-state index contributed by atoms with van der Waals surface area (Å²) < 4.78 is 28.5. The van der Waals surface area contributed by atoms with E-state index in [1.54, 1.807) is 42.5 Å². The maximum absolute atomic E-state index is 12.8. The zero-order valence-electron chi connectivity index (χ0n) is 13.3. The molecule has 0 aliphatic rings. The molecular formula is C19H13BrClNO3S. The summed E-state index contributed by atoms with van der Waals surface area (Å²) in [6.07, 6.45) is 0. The molecule has 3 aromatic carbocycles. The third kappa shape index (κ3) is 4.15. The predicted octanol–water partition coefficient (Wildman–Crippen LogP) is 5.13.